The normalized spacial score (nSPS) is 11.8. The second kappa shape index (κ2) is 6.07. The molecule has 0 atom stereocenters. The van der Waals surface area contributed by atoms with E-state index in [0.29, 0.717) is 11.4 Å². The Hall–Kier alpha value is -1.54. The maximum atomic E-state index is 11.9. The fraction of sp³-hybridized carbons (Fsp3) is 0.545. The minimum absolute atomic E-state index is 0.118. The lowest BCUT2D eigenvalue weighted by Crippen LogP contribution is -2.35. The molecule has 0 saturated heterocycles. The molecule has 0 spiro atoms. The van der Waals surface area contributed by atoms with Crippen molar-refractivity contribution in [3.05, 3.63) is 18.0 Å². The van der Waals surface area contributed by atoms with E-state index in [9.17, 15) is 13.2 Å². The number of carbonyl (C=O) groups excluding carboxylic acids is 1. The Labute approximate surface area is 113 Å². The van der Waals surface area contributed by atoms with E-state index in [2.05, 4.69) is 10.0 Å². The lowest BCUT2D eigenvalue weighted by molar-refractivity contribution is 0.0943. The Morgan fingerprint density at radius 2 is 2.05 bits per heavy atom. The molecule has 0 aliphatic rings. The van der Waals surface area contributed by atoms with Crippen molar-refractivity contribution in [2.75, 3.05) is 25.1 Å². The highest BCUT2D eigenvalue weighted by atomic mass is 32.2. The van der Waals surface area contributed by atoms with Crippen molar-refractivity contribution in [3.8, 4) is 0 Å². The van der Waals surface area contributed by atoms with Crippen LogP contribution in [-0.4, -0.2) is 38.2 Å². The molecular formula is C11H20N4O3S. The van der Waals surface area contributed by atoms with Gasteiger partial charge in [0, 0.05) is 25.3 Å². The van der Waals surface area contributed by atoms with Gasteiger partial charge in [-0.05, 0) is 19.9 Å². The maximum absolute atomic E-state index is 11.9. The molecule has 4 N–H and O–H groups in total. The van der Waals surface area contributed by atoms with Crippen LogP contribution in [0.3, 0.4) is 0 Å². The Morgan fingerprint density at radius 3 is 2.58 bits per heavy atom. The average Bonchev–Trinajstić information content (AvgIpc) is 2.65. The van der Waals surface area contributed by atoms with Crippen LogP contribution in [0.5, 0.6) is 0 Å². The lowest BCUT2D eigenvalue weighted by atomic mass is 10.3. The number of nitrogens with one attached hydrogen (secondary N) is 2. The molecule has 19 heavy (non-hydrogen) atoms. The molecule has 0 radical (unpaired) electrons. The highest BCUT2D eigenvalue weighted by molar-refractivity contribution is 7.88. The zero-order valence-electron chi connectivity index (χ0n) is 11.3. The number of hydrogen-bond donors (Lipinski definition) is 3. The Kier molecular flexibility index (Phi) is 4.96. The van der Waals surface area contributed by atoms with Gasteiger partial charge in [0.2, 0.25) is 10.0 Å². The zero-order chi connectivity index (χ0) is 14.6. The summed E-state index contributed by atoms with van der Waals surface area (Å²) < 4.78 is 25.8. The van der Waals surface area contributed by atoms with Gasteiger partial charge >= 0.3 is 0 Å². The third kappa shape index (κ3) is 4.92. The van der Waals surface area contributed by atoms with Crippen molar-refractivity contribution in [1.29, 1.82) is 0 Å². The molecule has 0 aromatic carbocycles. The van der Waals surface area contributed by atoms with E-state index in [1.807, 2.05) is 13.8 Å². The van der Waals surface area contributed by atoms with Gasteiger partial charge in [-0.25, -0.2) is 13.1 Å². The molecule has 0 bridgehead atoms. The van der Waals surface area contributed by atoms with Crippen molar-refractivity contribution < 1.29 is 13.2 Å². The van der Waals surface area contributed by atoms with Gasteiger partial charge in [0.25, 0.3) is 5.91 Å². The lowest BCUT2D eigenvalue weighted by Gasteiger charge is -2.12. The smallest absolute Gasteiger partial charge is 0.268 e. The Balaban J connectivity index is 2.59. The standard InChI is InChI=1S/C11H20N4O3S/c1-8(2)15-7-9(12)6-10(15)11(16)13-4-5-14-19(3,17)18/h6-8,14H,4-5,12H2,1-3H3,(H,13,16). The average molecular weight is 288 g/mol. The molecule has 0 aliphatic heterocycles. The van der Waals surface area contributed by atoms with E-state index >= 15 is 0 Å². The molecule has 1 rings (SSSR count). The minimum atomic E-state index is -3.23. The quantitative estimate of drug-likeness (QED) is 0.637. The van der Waals surface area contributed by atoms with Crippen molar-refractivity contribution in [2.24, 2.45) is 0 Å². The molecular weight excluding hydrogens is 268 g/mol. The van der Waals surface area contributed by atoms with Crippen LogP contribution in [0.25, 0.3) is 0 Å². The van der Waals surface area contributed by atoms with Gasteiger partial charge in [0.05, 0.1) is 11.9 Å². The molecule has 1 heterocycles. The number of amides is 1. The zero-order valence-corrected chi connectivity index (χ0v) is 12.1. The van der Waals surface area contributed by atoms with Gasteiger partial charge in [0.15, 0.2) is 0 Å². The first kappa shape index (κ1) is 15.5. The number of nitrogens with zero attached hydrogens (tertiary/aromatic N) is 1. The third-order valence-corrected chi connectivity index (χ3v) is 3.16. The first-order valence-electron chi connectivity index (χ1n) is 5.91. The van der Waals surface area contributed by atoms with Crippen molar-refractivity contribution >= 4 is 21.6 Å². The van der Waals surface area contributed by atoms with E-state index < -0.39 is 10.0 Å². The van der Waals surface area contributed by atoms with Gasteiger partial charge in [-0.3, -0.25) is 4.79 Å². The fourth-order valence-electron chi connectivity index (χ4n) is 1.61. The molecule has 0 unspecified atom stereocenters. The summed E-state index contributed by atoms with van der Waals surface area (Å²) in [5.41, 5.74) is 6.66. The topological polar surface area (TPSA) is 106 Å². The minimum Gasteiger partial charge on any atom is -0.397 e. The van der Waals surface area contributed by atoms with Crippen LogP contribution in [0.2, 0.25) is 0 Å². The van der Waals surface area contributed by atoms with Crippen molar-refractivity contribution in [2.45, 2.75) is 19.9 Å². The fourth-order valence-corrected chi connectivity index (χ4v) is 2.09. The summed E-state index contributed by atoms with van der Waals surface area (Å²) in [6, 6.07) is 1.71. The second-order valence-electron chi connectivity index (χ2n) is 4.58. The summed E-state index contributed by atoms with van der Waals surface area (Å²) in [5, 5.41) is 2.64. The number of hydrogen-bond acceptors (Lipinski definition) is 4. The predicted molar refractivity (Wildman–Crippen MR) is 74.4 cm³/mol. The third-order valence-electron chi connectivity index (χ3n) is 2.43. The molecule has 1 aromatic rings. The number of sulfonamides is 1. The molecule has 0 fully saturated rings. The van der Waals surface area contributed by atoms with E-state index in [1.165, 1.54) is 0 Å². The van der Waals surface area contributed by atoms with Crippen LogP contribution in [-0.2, 0) is 10.0 Å². The van der Waals surface area contributed by atoms with Gasteiger partial charge in [0.1, 0.15) is 5.69 Å². The Bertz CT molecular complexity index is 548. The highest BCUT2D eigenvalue weighted by Gasteiger charge is 2.14. The number of anilines is 1. The first-order chi connectivity index (χ1) is 8.70. The van der Waals surface area contributed by atoms with Gasteiger partial charge in [-0.1, -0.05) is 0 Å². The van der Waals surface area contributed by atoms with Crippen LogP contribution in [0, 0.1) is 0 Å². The highest BCUT2D eigenvalue weighted by Crippen LogP contribution is 2.16. The summed E-state index contributed by atoms with van der Waals surface area (Å²) in [6.45, 7) is 4.26. The second-order valence-corrected chi connectivity index (χ2v) is 6.42. The molecule has 1 aromatic heterocycles. The van der Waals surface area contributed by atoms with Crippen LogP contribution in [0.1, 0.15) is 30.4 Å². The van der Waals surface area contributed by atoms with E-state index in [4.69, 9.17) is 5.73 Å². The number of nitrogens with two attached hydrogens (primary N) is 1. The first-order valence-corrected chi connectivity index (χ1v) is 7.80. The summed E-state index contributed by atoms with van der Waals surface area (Å²) in [5.74, 6) is -0.277. The molecule has 0 saturated carbocycles. The van der Waals surface area contributed by atoms with Crippen LogP contribution in [0.4, 0.5) is 5.69 Å². The summed E-state index contributed by atoms with van der Waals surface area (Å²) in [6.07, 6.45) is 2.77. The van der Waals surface area contributed by atoms with E-state index in [1.54, 1.807) is 16.8 Å². The monoisotopic (exact) mass is 288 g/mol. The molecule has 8 heteroatoms. The summed E-state index contributed by atoms with van der Waals surface area (Å²) in [7, 11) is -3.23. The summed E-state index contributed by atoms with van der Waals surface area (Å²) >= 11 is 0. The van der Waals surface area contributed by atoms with Gasteiger partial charge in [-0.2, -0.15) is 0 Å². The molecule has 108 valence electrons. The number of rotatable bonds is 6. The van der Waals surface area contributed by atoms with Crippen LogP contribution < -0.4 is 15.8 Å². The van der Waals surface area contributed by atoms with Gasteiger partial charge < -0.3 is 15.6 Å². The maximum Gasteiger partial charge on any atom is 0.268 e. The van der Waals surface area contributed by atoms with Crippen molar-refractivity contribution in [3.63, 3.8) is 0 Å². The van der Waals surface area contributed by atoms with Crippen molar-refractivity contribution in [1.82, 2.24) is 14.6 Å². The molecule has 7 nitrogen and oxygen atoms in total. The van der Waals surface area contributed by atoms with Gasteiger partial charge in [-0.15, -0.1) is 0 Å². The predicted octanol–water partition coefficient (Wildman–Crippen LogP) is -0.0698. The SMILES string of the molecule is CC(C)n1cc(N)cc1C(=O)NCCNS(C)(=O)=O. The van der Waals surface area contributed by atoms with E-state index in [0.717, 1.165) is 6.26 Å². The van der Waals surface area contributed by atoms with Crippen LogP contribution in [0.15, 0.2) is 12.3 Å². The number of nitrogen functional groups attached to an aromatic ring is 1. The summed E-state index contributed by atoms with van der Waals surface area (Å²) in [4.78, 5) is 11.9. The molecule has 1 amide bonds. The largest absolute Gasteiger partial charge is 0.397 e. The van der Waals surface area contributed by atoms with E-state index in [-0.39, 0.29) is 25.0 Å². The number of carbonyl (C=O) groups is 1. The van der Waals surface area contributed by atoms with Crippen LogP contribution >= 0.6 is 0 Å². The Morgan fingerprint density at radius 1 is 1.42 bits per heavy atom. The molecule has 0 aliphatic carbocycles. The number of aromatic nitrogens is 1.